The first-order valence-electron chi connectivity index (χ1n) is 11.2. The molecule has 0 spiro atoms. The molecule has 3 aliphatic heterocycles. The molecule has 14 heteroatoms. The Morgan fingerprint density at radius 1 is 1.17 bits per heavy atom. The van der Waals surface area contributed by atoms with E-state index in [9.17, 15) is 26.4 Å². The monoisotopic (exact) mass is 560 g/mol. The molecule has 3 atom stereocenters. The van der Waals surface area contributed by atoms with Crippen molar-refractivity contribution in [2.75, 3.05) is 32.4 Å². The number of hydrogen-bond donors (Lipinski definition) is 1. The molecule has 3 aliphatic rings. The highest BCUT2D eigenvalue weighted by Gasteiger charge is 2.48. The molecule has 0 saturated carbocycles. The first-order chi connectivity index (χ1) is 16.4. The largest absolute Gasteiger partial charge is 0.335 e. The lowest BCUT2D eigenvalue weighted by molar-refractivity contribution is -0.144. The van der Waals surface area contributed by atoms with Crippen molar-refractivity contribution < 1.29 is 26.4 Å². The summed E-state index contributed by atoms with van der Waals surface area (Å²) in [6.07, 6.45) is 2.66. The highest BCUT2D eigenvalue weighted by atomic mass is 35.5. The maximum atomic E-state index is 13.1. The molecule has 0 radical (unpaired) electrons. The average Bonchev–Trinajstić information content (AvgIpc) is 3.49. The number of sulfonamides is 2. The summed E-state index contributed by atoms with van der Waals surface area (Å²) >= 11 is 7.10. The minimum atomic E-state index is -3.94. The molecular formula is C21H25ClN4O6S3. The van der Waals surface area contributed by atoms with E-state index in [2.05, 4.69) is 4.72 Å². The predicted molar refractivity (Wildman–Crippen MR) is 132 cm³/mol. The van der Waals surface area contributed by atoms with Gasteiger partial charge in [-0.05, 0) is 48.9 Å². The van der Waals surface area contributed by atoms with E-state index >= 15 is 0 Å². The van der Waals surface area contributed by atoms with Crippen LogP contribution < -0.4 is 4.72 Å². The number of likely N-dealkylation sites (tertiary alicyclic amines) is 2. The van der Waals surface area contributed by atoms with Crippen LogP contribution in [0.4, 0.5) is 0 Å². The van der Waals surface area contributed by atoms with Crippen molar-refractivity contribution in [3.05, 3.63) is 29.3 Å². The number of nitrogens with zero attached hydrogens (tertiary/aromatic N) is 3. The molecule has 1 aromatic heterocycles. The maximum absolute atomic E-state index is 13.1. The first kappa shape index (κ1) is 24.9. The van der Waals surface area contributed by atoms with Gasteiger partial charge in [0.05, 0.1) is 12.8 Å². The number of amides is 2. The van der Waals surface area contributed by atoms with Crippen LogP contribution in [0.1, 0.15) is 19.3 Å². The van der Waals surface area contributed by atoms with E-state index in [1.54, 1.807) is 23.1 Å². The number of thiophene rings is 1. The molecule has 35 heavy (non-hydrogen) atoms. The van der Waals surface area contributed by atoms with Crippen LogP contribution >= 0.6 is 22.9 Å². The number of benzene rings is 1. The second kappa shape index (κ2) is 8.96. The standard InChI is InChI=1S/C21H25ClN4O6S3/c1-34(29,30)26-11-15-9-16(26)10-25(15)19(27)12-24-6-2-3-17(21(24)28)23-35(31,32)20-8-13-7-14(22)4-5-18(13)33-20/h4-5,7-8,15-17,23H,2-3,6,9-12H2,1H3/t15?,16?,17-/m0/s1. The number of halogens is 1. The zero-order valence-electron chi connectivity index (χ0n) is 18.9. The quantitative estimate of drug-likeness (QED) is 0.563. The zero-order valence-corrected chi connectivity index (χ0v) is 22.1. The number of piperazine rings is 1. The summed E-state index contributed by atoms with van der Waals surface area (Å²) in [6.45, 7) is 0.790. The number of hydrogen-bond acceptors (Lipinski definition) is 7. The van der Waals surface area contributed by atoms with Crippen LogP contribution in [0, 0.1) is 0 Å². The van der Waals surface area contributed by atoms with Gasteiger partial charge < -0.3 is 9.80 Å². The Morgan fingerprint density at radius 3 is 2.63 bits per heavy atom. The molecule has 10 nitrogen and oxygen atoms in total. The third-order valence-electron chi connectivity index (χ3n) is 6.81. The van der Waals surface area contributed by atoms with Gasteiger partial charge >= 0.3 is 0 Å². The lowest BCUT2D eigenvalue weighted by Gasteiger charge is -2.36. The molecular weight excluding hydrogens is 536 g/mol. The molecule has 2 aromatic rings. The van der Waals surface area contributed by atoms with E-state index in [0.29, 0.717) is 42.8 Å². The number of nitrogens with one attached hydrogen (secondary N) is 1. The van der Waals surface area contributed by atoms with Crippen molar-refractivity contribution in [1.29, 1.82) is 0 Å². The lowest BCUT2D eigenvalue weighted by Crippen LogP contribution is -2.56. The van der Waals surface area contributed by atoms with Crippen molar-refractivity contribution in [3.8, 4) is 0 Å². The smallest absolute Gasteiger partial charge is 0.250 e. The molecule has 190 valence electrons. The summed E-state index contributed by atoms with van der Waals surface area (Å²) in [7, 11) is -7.26. The summed E-state index contributed by atoms with van der Waals surface area (Å²) in [5, 5.41) is 1.21. The van der Waals surface area contributed by atoms with Crippen molar-refractivity contribution in [2.24, 2.45) is 0 Å². The summed E-state index contributed by atoms with van der Waals surface area (Å²) in [4.78, 5) is 29.1. The number of fused-ring (bicyclic) bond motifs is 3. The minimum Gasteiger partial charge on any atom is -0.335 e. The van der Waals surface area contributed by atoms with Crippen molar-refractivity contribution in [2.45, 2.75) is 41.6 Å². The zero-order chi connectivity index (χ0) is 25.1. The van der Waals surface area contributed by atoms with E-state index in [-0.39, 0.29) is 35.3 Å². The Labute approximate surface area is 212 Å². The molecule has 4 heterocycles. The van der Waals surface area contributed by atoms with Crippen LogP contribution in [-0.4, -0.2) is 93.3 Å². The van der Waals surface area contributed by atoms with Crippen LogP contribution in [0.3, 0.4) is 0 Å². The molecule has 2 amide bonds. The second-order valence-corrected chi connectivity index (χ2v) is 14.6. The van der Waals surface area contributed by atoms with Crippen LogP contribution in [0.15, 0.2) is 28.5 Å². The molecule has 0 aliphatic carbocycles. The number of carbonyl (C=O) groups is 2. The van der Waals surface area contributed by atoms with Crippen LogP contribution in [0.2, 0.25) is 5.02 Å². The van der Waals surface area contributed by atoms with Gasteiger partial charge in [0.25, 0.3) is 10.0 Å². The normalized spacial score (nSPS) is 25.7. The third-order valence-corrected chi connectivity index (χ3v) is 11.4. The molecule has 5 rings (SSSR count). The van der Waals surface area contributed by atoms with Gasteiger partial charge in [-0.3, -0.25) is 9.59 Å². The van der Waals surface area contributed by atoms with Crippen molar-refractivity contribution >= 4 is 64.9 Å². The summed E-state index contributed by atoms with van der Waals surface area (Å²) in [5.41, 5.74) is 0. The summed E-state index contributed by atoms with van der Waals surface area (Å²) in [5.74, 6) is -0.677. The van der Waals surface area contributed by atoms with Gasteiger partial charge in [-0.15, -0.1) is 11.3 Å². The molecule has 2 bridgehead atoms. The van der Waals surface area contributed by atoms with Crippen LogP contribution in [0.5, 0.6) is 0 Å². The summed E-state index contributed by atoms with van der Waals surface area (Å²) < 4.78 is 54.6. The van der Waals surface area contributed by atoms with Gasteiger partial charge in [0.15, 0.2) is 0 Å². The number of rotatable bonds is 6. The Morgan fingerprint density at radius 2 is 1.94 bits per heavy atom. The Hall–Kier alpha value is -1.77. The molecule has 1 aromatic carbocycles. The van der Waals surface area contributed by atoms with E-state index in [4.69, 9.17) is 11.6 Å². The van der Waals surface area contributed by atoms with Gasteiger partial charge in [0.2, 0.25) is 21.8 Å². The lowest BCUT2D eigenvalue weighted by atomic mass is 10.1. The SMILES string of the molecule is CS(=O)(=O)N1CC2CC1CN2C(=O)CN1CCC[C@H](NS(=O)(=O)c2cc3cc(Cl)ccc3s2)C1=O. The van der Waals surface area contributed by atoms with Gasteiger partial charge in [-0.2, -0.15) is 9.03 Å². The minimum absolute atomic E-state index is 0.0966. The number of carbonyl (C=O) groups excluding carboxylic acids is 2. The maximum Gasteiger partial charge on any atom is 0.250 e. The molecule has 3 fully saturated rings. The third kappa shape index (κ3) is 4.81. The fourth-order valence-corrected chi connectivity index (χ4v) is 9.11. The van der Waals surface area contributed by atoms with Gasteiger partial charge in [-0.1, -0.05) is 11.6 Å². The van der Waals surface area contributed by atoms with Gasteiger partial charge in [0.1, 0.15) is 10.3 Å². The van der Waals surface area contributed by atoms with E-state index in [1.165, 1.54) is 21.5 Å². The number of piperidine rings is 1. The fraction of sp³-hybridized carbons (Fsp3) is 0.524. The van der Waals surface area contributed by atoms with Crippen LogP contribution in [-0.2, 0) is 29.6 Å². The first-order valence-corrected chi connectivity index (χ1v) is 15.7. The van der Waals surface area contributed by atoms with E-state index in [1.807, 2.05) is 0 Å². The Balaban J connectivity index is 1.24. The second-order valence-electron chi connectivity index (χ2n) is 9.25. The van der Waals surface area contributed by atoms with Crippen molar-refractivity contribution in [3.63, 3.8) is 0 Å². The molecule has 3 saturated heterocycles. The molecule has 1 N–H and O–H groups in total. The van der Waals surface area contributed by atoms with Crippen molar-refractivity contribution in [1.82, 2.24) is 18.8 Å². The molecule has 2 unspecified atom stereocenters. The Kier molecular flexibility index (Phi) is 6.38. The van der Waals surface area contributed by atoms with Gasteiger partial charge in [0, 0.05) is 41.4 Å². The van der Waals surface area contributed by atoms with Crippen LogP contribution in [0.25, 0.3) is 10.1 Å². The summed E-state index contributed by atoms with van der Waals surface area (Å²) in [6, 6.07) is 5.28. The highest BCUT2D eigenvalue weighted by molar-refractivity contribution is 7.91. The fourth-order valence-electron chi connectivity index (χ4n) is 5.17. The average molecular weight is 561 g/mol. The van der Waals surface area contributed by atoms with Gasteiger partial charge in [-0.25, -0.2) is 16.8 Å². The Bertz CT molecular complexity index is 1410. The topological polar surface area (TPSA) is 124 Å². The predicted octanol–water partition coefficient (Wildman–Crippen LogP) is 1.07. The van der Waals surface area contributed by atoms with E-state index < -0.39 is 32.0 Å². The van der Waals surface area contributed by atoms with E-state index in [0.717, 1.165) is 16.0 Å². The highest BCUT2D eigenvalue weighted by Crippen LogP contribution is 2.33.